The molecule has 0 unspecified atom stereocenters. The highest BCUT2D eigenvalue weighted by atomic mass is 16.5. The molecule has 0 aliphatic rings. The van der Waals surface area contributed by atoms with E-state index < -0.39 is 0 Å². The lowest BCUT2D eigenvalue weighted by molar-refractivity contribution is -0.148. The van der Waals surface area contributed by atoms with E-state index >= 15 is 0 Å². The van der Waals surface area contributed by atoms with E-state index in [0.29, 0.717) is 19.6 Å². The SMILES string of the molecule is CCCN(CC(=O)OCC)C(=O)Cc1cccc2ccccc12. The molecule has 0 bridgehead atoms. The fourth-order valence-corrected chi connectivity index (χ4v) is 2.65. The quantitative estimate of drug-likeness (QED) is 0.738. The molecule has 0 aliphatic heterocycles. The lowest BCUT2D eigenvalue weighted by atomic mass is 10.0. The maximum absolute atomic E-state index is 12.6. The highest BCUT2D eigenvalue weighted by molar-refractivity contribution is 5.91. The molecule has 2 aromatic rings. The van der Waals surface area contributed by atoms with Gasteiger partial charge in [-0.3, -0.25) is 9.59 Å². The number of ether oxygens (including phenoxy) is 1. The Hall–Kier alpha value is -2.36. The zero-order valence-electron chi connectivity index (χ0n) is 13.7. The van der Waals surface area contributed by atoms with Crippen LogP contribution in [-0.4, -0.2) is 36.5 Å². The molecule has 0 atom stereocenters. The molecular weight excluding hydrogens is 290 g/mol. The largest absolute Gasteiger partial charge is 0.465 e. The molecule has 0 heterocycles. The highest BCUT2D eigenvalue weighted by Gasteiger charge is 2.18. The van der Waals surface area contributed by atoms with E-state index in [1.165, 1.54) is 0 Å². The van der Waals surface area contributed by atoms with Crippen LogP contribution >= 0.6 is 0 Å². The van der Waals surface area contributed by atoms with Crippen LogP contribution in [0.5, 0.6) is 0 Å². The Bertz CT molecular complexity index is 676. The number of hydrogen-bond acceptors (Lipinski definition) is 3. The van der Waals surface area contributed by atoms with Crippen molar-refractivity contribution in [2.45, 2.75) is 26.7 Å². The van der Waals surface area contributed by atoms with Gasteiger partial charge >= 0.3 is 5.97 Å². The molecule has 2 aromatic carbocycles. The Labute approximate surface area is 137 Å². The molecule has 23 heavy (non-hydrogen) atoms. The van der Waals surface area contributed by atoms with Gasteiger partial charge in [-0.15, -0.1) is 0 Å². The van der Waals surface area contributed by atoms with Crippen molar-refractivity contribution in [2.24, 2.45) is 0 Å². The Morgan fingerprint density at radius 3 is 2.52 bits per heavy atom. The molecule has 2 rings (SSSR count). The number of carbonyl (C=O) groups excluding carboxylic acids is 2. The molecule has 0 aliphatic carbocycles. The Kier molecular flexibility index (Phi) is 6.15. The number of fused-ring (bicyclic) bond motifs is 1. The summed E-state index contributed by atoms with van der Waals surface area (Å²) in [6, 6.07) is 14.0. The minimum Gasteiger partial charge on any atom is -0.465 e. The standard InChI is InChI=1S/C19H23NO3/c1-3-12-20(14-19(22)23-4-2)18(21)13-16-10-7-9-15-8-5-6-11-17(15)16/h5-11H,3-4,12-14H2,1-2H3. The van der Waals surface area contributed by atoms with E-state index in [4.69, 9.17) is 4.74 Å². The molecular formula is C19H23NO3. The number of nitrogens with zero attached hydrogens (tertiary/aromatic N) is 1. The summed E-state index contributed by atoms with van der Waals surface area (Å²) < 4.78 is 4.96. The van der Waals surface area contributed by atoms with Crippen molar-refractivity contribution < 1.29 is 14.3 Å². The first kappa shape index (κ1) is 17.0. The topological polar surface area (TPSA) is 46.6 Å². The first-order valence-corrected chi connectivity index (χ1v) is 8.05. The monoisotopic (exact) mass is 313 g/mol. The second kappa shape index (κ2) is 8.32. The summed E-state index contributed by atoms with van der Waals surface area (Å²) in [5, 5.41) is 2.20. The minimum absolute atomic E-state index is 0.0191. The Morgan fingerprint density at radius 2 is 1.78 bits per heavy atom. The van der Waals surface area contributed by atoms with E-state index in [1.54, 1.807) is 11.8 Å². The molecule has 122 valence electrons. The van der Waals surface area contributed by atoms with Gasteiger partial charge in [-0.1, -0.05) is 49.4 Å². The number of benzene rings is 2. The zero-order valence-corrected chi connectivity index (χ0v) is 13.7. The molecule has 0 N–H and O–H groups in total. The van der Waals surface area contributed by atoms with Crippen molar-refractivity contribution in [1.29, 1.82) is 0 Å². The normalized spacial score (nSPS) is 10.5. The molecule has 0 radical (unpaired) electrons. The average Bonchev–Trinajstić information content (AvgIpc) is 2.55. The van der Waals surface area contributed by atoms with Crippen molar-refractivity contribution in [1.82, 2.24) is 4.90 Å². The van der Waals surface area contributed by atoms with Crippen LogP contribution in [0.2, 0.25) is 0 Å². The summed E-state index contributed by atoms with van der Waals surface area (Å²) in [5.74, 6) is -0.400. The van der Waals surface area contributed by atoms with Gasteiger partial charge in [-0.25, -0.2) is 0 Å². The summed E-state index contributed by atoms with van der Waals surface area (Å²) >= 11 is 0. The summed E-state index contributed by atoms with van der Waals surface area (Å²) in [4.78, 5) is 25.9. The van der Waals surface area contributed by atoms with Gasteiger partial charge in [-0.2, -0.15) is 0 Å². The fraction of sp³-hybridized carbons (Fsp3) is 0.368. The predicted octanol–water partition coefficient (Wildman–Crippen LogP) is 3.18. The van der Waals surface area contributed by atoms with Gasteiger partial charge in [0, 0.05) is 6.54 Å². The average molecular weight is 313 g/mol. The Morgan fingerprint density at radius 1 is 1.04 bits per heavy atom. The van der Waals surface area contributed by atoms with E-state index in [0.717, 1.165) is 22.8 Å². The third-order valence-electron chi connectivity index (χ3n) is 3.69. The number of hydrogen-bond donors (Lipinski definition) is 0. The third kappa shape index (κ3) is 4.55. The summed E-state index contributed by atoms with van der Waals surface area (Å²) in [7, 11) is 0. The van der Waals surface area contributed by atoms with E-state index in [2.05, 4.69) is 0 Å². The van der Waals surface area contributed by atoms with Crippen molar-refractivity contribution >= 4 is 22.6 Å². The number of rotatable bonds is 7. The van der Waals surface area contributed by atoms with E-state index in [9.17, 15) is 9.59 Å². The smallest absolute Gasteiger partial charge is 0.325 e. The molecule has 4 heteroatoms. The molecule has 0 saturated carbocycles. The van der Waals surface area contributed by atoms with Gasteiger partial charge < -0.3 is 9.64 Å². The molecule has 0 aromatic heterocycles. The number of amides is 1. The van der Waals surface area contributed by atoms with Gasteiger partial charge in [0.25, 0.3) is 0 Å². The van der Waals surface area contributed by atoms with Crippen molar-refractivity contribution in [3.8, 4) is 0 Å². The molecule has 0 spiro atoms. The summed E-state index contributed by atoms with van der Waals surface area (Å²) in [5.41, 5.74) is 0.984. The summed E-state index contributed by atoms with van der Waals surface area (Å²) in [6.45, 7) is 4.66. The second-order valence-corrected chi connectivity index (χ2v) is 5.44. The minimum atomic E-state index is -0.354. The Balaban J connectivity index is 2.15. The van der Waals surface area contributed by atoms with Gasteiger partial charge in [0.15, 0.2) is 0 Å². The molecule has 0 fully saturated rings. The van der Waals surface area contributed by atoms with Gasteiger partial charge in [-0.05, 0) is 29.7 Å². The lowest BCUT2D eigenvalue weighted by Gasteiger charge is -2.21. The van der Waals surface area contributed by atoms with Crippen LogP contribution in [0.4, 0.5) is 0 Å². The van der Waals surface area contributed by atoms with Gasteiger partial charge in [0.2, 0.25) is 5.91 Å². The maximum Gasteiger partial charge on any atom is 0.325 e. The van der Waals surface area contributed by atoms with Crippen molar-refractivity contribution in [3.05, 3.63) is 48.0 Å². The van der Waals surface area contributed by atoms with Crippen molar-refractivity contribution in [3.63, 3.8) is 0 Å². The van der Waals surface area contributed by atoms with Crippen molar-refractivity contribution in [2.75, 3.05) is 19.7 Å². The predicted molar refractivity (Wildman–Crippen MR) is 91.2 cm³/mol. The highest BCUT2D eigenvalue weighted by Crippen LogP contribution is 2.19. The van der Waals surface area contributed by atoms with Crippen LogP contribution in [0.3, 0.4) is 0 Å². The number of esters is 1. The first-order chi connectivity index (χ1) is 11.2. The van der Waals surface area contributed by atoms with E-state index in [-0.39, 0.29) is 18.4 Å². The second-order valence-electron chi connectivity index (χ2n) is 5.44. The fourth-order valence-electron chi connectivity index (χ4n) is 2.65. The van der Waals surface area contributed by atoms with Crippen LogP contribution in [0.25, 0.3) is 10.8 Å². The summed E-state index contributed by atoms with van der Waals surface area (Å²) in [6.07, 6.45) is 1.10. The molecule has 0 saturated heterocycles. The van der Waals surface area contributed by atoms with Gasteiger partial charge in [0.05, 0.1) is 13.0 Å². The molecule has 1 amide bonds. The van der Waals surface area contributed by atoms with Crippen LogP contribution in [0.15, 0.2) is 42.5 Å². The molecule has 4 nitrogen and oxygen atoms in total. The number of carbonyl (C=O) groups is 2. The van der Waals surface area contributed by atoms with Gasteiger partial charge in [0.1, 0.15) is 6.54 Å². The van der Waals surface area contributed by atoms with E-state index in [1.807, 2.05) is 49.4 Å². The van der Waals surface area contributed by atoms with Crippen LogP contribution < -0.4 is 0 Å². The maximum atomic E-state index is 12.6. The van der Waals surface area contributed by atoms with Crippen LogP contribution in [-0.2, 0) is 20.7 Å². The first-order valence-electron chi connectivity index (χ1n) is 8.05. The van der Waals surface area contributed by atoms with Crippen LogP contribution in [0, 0.1) is 0 Å². The van der Waals surface area contributed by atoms with Crippen LogP contribution in [0.1, 0.15) is 25.8 Å². The third-order valence-corrected chi connectivity index (χ3v) is 3.69. The lowest BCUT2D eigenvalue weighted by Crippen LogP contribution is -2.38. The zero-order chi connectivity index (χ0) is 16.7.